The Morgan fingerprint density at radius 2 is 1.97 bits per heavy atom. The second kappa shape index (κ2) is 10.6. The van der Waals surface area contributed by atoms with Crippen LogP contribution in [0.4, 0.5) is 0 Å². The average Bonchev–Trinajstić information content (AvgIpc) is 3.64. The van der Waals surface area contributed by atoms with Crippen molar-refractivity contribution in [2.75, 3.05) is 13.2 Å². The van der Waals surface area contributed by atoms with E-state index in [4.69, 9.17) is 26.2 Å². The Balaban J connectivity index is 1.54. The van der Waals surface area contributed by atoms with E-state index in [1.54, 1.807) is 4.68 Å². The molecule has 0 aliphatic carbocycles. The second-order valence-electron chi connectivity index (χ2n) is 8.47. The molecule has 1 atom stereocenters. The molecule has 2 aromatic heterocycles. The first-order valence-electron chi connectivity index (χ1n) is 11.6. The lowest BCUT2D eigenvalue weighted by Crippen LogP contribution is -2.36. The van der Waals surface area contributed by atoms with E-state index in [-0.39, 0.29) is 12.0 Å². The molecule has 0 bridgehead atoms. The number of ether oxygens (including phenoxy) is 2. The summed E-state index contributed by atoms with van der Waals surface area (Å²) in [6, 6.07) is 20.8. The quantitative estimate of drug-likeness (QED) is 0.273. The van der Waals surface area contributed by atoms with Crippen molar-refractivity contribution in [3.8, 4) is 17.3 Å². The molecule has 3 heterocycles. The van der Waals surface area contributed by atoms with Crippen molar-refractivity contribution in [2.45, 2.75) is 32.4 Å². The molecule has 1 amide bonds. The molecule has 0 spiro atoms. The Kier molecular flexibility index (Phi) is 7.18. The van der Waals surface area contributed by atoms with Crippen LogP contribution < -0.4 is 4.74 Å². The molecule has 35 heavy (non-hydrogen) atoms. The van der Waals surface area contributed by atoms with E-state index in [1.165, 1.54) is 11.3 Å². The highest BCUT2D eigenvalue weighted by Gasteiger charge is 2.28. The van der Waals surface area contributed by atoms with Crippen LogP contribution in [0.3, 0.4) is 0 Å². The number of hydrogen-bond donors (Lipinski definition) is 0. The van der Waals surface area contributed by atoms with Gasteiger partial charge in [-0.1, -0.05) is 35.9 Å². The average molecular weight is 508 g/mol. The molecule has 6 nitrogen and oxygen atoms in total. The number of thiophene rings is 1. The lowest BCUT2D eigenvalue weighted by Gasteiger charge is -2.25. The van der Waals surface area contributed by atoms with Crippen LogP contribution in [0.5, 0.6) is 11.6 Å². The minimum absolute atomic E-state index is 0.0141. The molecule has 0 N–H and O–H groups in total. The van der Waals surface area contributed by atoms with E-state index in [2.05, 4.69) is 0 Å². The number of benzene rings is 2. The maximum Gasteiger partial charge on any atom is 0.264 e. The van der Waals surface area contributed by atoms with Crippen LogP contribution >= 0.6 is 22.9 Å². The first-order valence-corrected chi connectivity index (χ1v) is 12.9. The van der Waals surface area contributed by atoms with Gasteiger partial charge in [0.05, 0.1) is 34.5 Å². The van der Waals surface area contributed by atoms with Crippen LogP contribution in [0.2, 0.25) is 5.02 Å². The van der Waals surface area contributed by atoms with Gasteiger partial charge in [-0.05, 0) is 67.6 Å². The Bertz CT molecular complexity index is 1270. The zero-order valence-electron chi connectivity index (χ0n) is 19.4. The van der Waals surface area contributed by atoms with E-state index < -0.39 is 0 Å². The lowest BCUT2D eigenvalue weighted by molar-refractivity contribution is 0.0509. The Hall–Kier alpha value is -3.13. The van der Waals surface area contributed by atoms with E-state index in [1.807, 2.05) is 83.9 Å². The maximum absolute atomic E-state index is 13.5. The van der Waals surface area contributed by atoms with E-state index in [0.717, 1.165) is 36.4 Å². The van der Waals surface area contributed by atoms with Gasteiger partial charge in [-0.2, -0.15) is 5.10 Å². The smallest absolute Gasteiger partial charge is 0.264 e. The van der Waals surface area contributed by atoms with Crippen molar-refractivity contribution in [3.63, 3.8) is 0 Å². The minimum Gasteiger partial charge on any atom is -0.439 e. The molecular weight excluding hydrogens is 482 g/mol. The summed E-state index contributed by atoms with van der Waals surface area (Å²) in [5, 5.41) is 7.36. The third kappa shape index (κ3) is 5.42. The fourth-order valence-corrected chi connectivity index (χ4v) is 5.00. The standard InChI is InChI=1S/C27H26ClN3O3S/c1-19-24(18-30(17-23-9-5-15-33-23)26(32)25-10-6-16-35-25)27(34-22-7-3-2-4-8-22)31(29-19)21-13-11-20(28)12-14-21/h2-4,6-8,10-14,16,23H,5,9,15,17-18H2,1H3/t23-/m0/s1. The number of aromatic nitrogens is 2. The highest BCUT2D eigenvalue weighted by molar-refractivity contribution is 7.12. The number of nitrogens with zero attached hydrogens (tertiary/aromatic N) is 3. The minimum atomic E-state index is -0.0141. The summed E-state index contributed by atoms with van der Waals surface area (Å²) < 4.78 is 14.0. The third-order valence-electron chi connectivity index (χ3n) is 5.98. The number of para-hydroxylation sites is 1. The monoisotopic (exact) mass is 507 g/mol. The normalized spacial score (nSPS) is 15.3. The molecule has 0 saturated carbocycles. The summed E-state index contributed by atoms with van der Waals surface area (Å²) in [5.41, 5.74) is 2.47. The van der Waals surface area contributed by atoms with Gasteiger partial charge in [0, 0.05) is 18.2 Å². The first kappa shape index (κ1) is 23.6. The number of carbonyl (C=O) groups excluding carboxylic acids is 1. The molecule has 5 rings (SSSR count). The number of aryl methyl sites for hydroxylation is 1. The summed E-state index contributed by atoms with van der Waals surface area (Å²) in [6.45, 7) is 3.56. The highest BCUT2D eigenvalue weighted by atomic mass is 35.5. The highest BCUT2D eigenvalue weighted by Crippen LogP contribution is 2.33. The summed E-state index contributed by atoms with van der Waals surface area (Å²) in [4.78, 5) is 16.1. The van der Waals surface area contributed by atoms with Crippen molar-refractivity contribution in [1.82, 2.24) is 14.7 Å². The van der Waals surface area contributed by atoms with Crippen LogP contribution in [0.15, 0.2) is 72.1 Å². The second-order valence-corrected chi connectivity index (χ2v) is 9.85. The predicted octanol–water partition coefficient (Wildman–Crippen LogP) is 6.51. The van der Waals surface area contributed by atoms with E-state index in [9.17, 15) is 4.79 Å². The van der Waals surface area contributed by atoms with Gasteiger partial charge in [-0.25, -0.2) is 4.68 Å². The number of amides is 1. The van der Waals surface area contributed by atoms with Crippen molar-refractivity contribution >= 4 is 28.8 Å². The SMILES string of the molecule is Cc1nn(-c2ccc(Cl)cc2)c(Oc2ccccc2)c1CN(C[C@@H]1CCCO1)C(=O)c1cccs1. The molecule has 0 unspecified atom stereocenters. The molecular formula is C27H26ClN3O3S. The van der Waals surface area contributed by atoms with Gasteiger partial charge in [0.2, 0.25) is 5.88 Å². The molecule has 1 aliphatic heterocycles. The Morgan fingerprint density at radius 1 is 1.17 bits per heavy atom. The summed E-state index contributed by atoms with van der Waals surface area (Å²) in [6.07, 6.45) is 2.00. The van der Waals surface area contributed by atoms with Gasteiger partial charge in [-0.15, -0.1) is 11.3 Å². The molecule has 1 aliphatic rings. The van der Waals surface area contributed by atoms with Crippen LogP contribution in [0, 0.1) is 6.92 Å². The Labute approximate surface area is 213 Å². The van der Waals surface area contributed by atoms with Gasteiger partial charge in [0.15, 0.2) is 0 Å². The predicted molar refractivity (Wildman–Crippen MR) is 138 cm³/mol. The van der Waals surface area contributed by atoms with Crippen molar-refractivity contribution < 1.29 is 14.3 Å². The van der Waals surface area contributed by atoms with Crippen LogP contribution in [-0.2, 0) is 11.3 Å². The molecule has 2 aromatic carbocycles. The third-order valence-corrected chi connectivity index (χ3v) is 7.09. The molecule has 8 heteroatoms. The number of rotatable bonds is 8. The molecule has 4 aromatic rings. The van der Waals surface area contributed by atoms with Crippen molar-refractivity contribution in [3.05, 3.63) is 93.3 Å². The van der Waals surface area contributed by atoms with Crippen LogP contribution in [-0.4, -0.2) is 39.8 Å². The number of hydrogen-bond acceptors (Lipinski definition) is 5. The molecule has 1 saturated heterocycles. The van der Waals surface area contributed by atoms with Crippen molar-refractivity contribution in [1.29, 1.82) is 0 Å². The van der Waals surface area contributed by atoms with Crippen molar-refractivity contribution in [2.24, 2.45) is 0 Å². The summed E-state index contributed by atoms with van der Waals surface area (Å²) >= 11 is 7.57. The zero-order valence-corrected chi connectivity index (χ0v) is 21.0. The van der Waals surface area contributed by atoms with Gasteiger partial charge in [0.25, 0.3) is 5.91 Å². The topological polar surface area (TPSA) is 56.6 Å². The van der Waals surface area contributed by atoms with Gasteiger partial charge >= 0.3 is 0 Å². The lowest BCUT2D eigenvalue weighted by atomic mass is 10.2. The summed E-state index contributed by atoms with van der Waals surface area (Å²) in [7, 11) is 0. The van der Waals surface area contributed by atoms with E-state index in [0.29, 0.717) is 34.6 Å². The van der Waals surface area contributed by atoms with Gasteiger partial charge in [-0.3, -0.25) is 4.79 Å². The summed E-state index contributed by atoms with van der Waals surface area (Å²) in [5.74, 6) is 1.26. The largest absolute Gasteiger partial charge is 0.439 e. The molecule has 0 radical (unpaired) electrons. The van der Waals surface area contributed by atoms with Crippen LogP contribution in [0.1, 0.15) is 33.8 Å². The molecule has 1 fully saturated rings. The van der Waals surface area contributed by atoms with E-state index >= 15 is 0 Å². The van der Waals surface area contributed by atoms with Gasteiger partial charge in [0.1, 0.15) is 5.75 Å². The zero-order chi connectivity index (χ0) is 24.2. The maximum atomic E-state index is 13.5. The number of carbonyl (C=O) groups is 1. The first-order chi connectivity index (χ1) is 17.1. The fraction of sp³-hybridized carbons (Fsp3) is 0.259. The van der Waals surface area contributed by atoms with Gasteiger partial charge < -0.3 is 14.4 Å². The number of halogens is 1. The van der Waals surface area contributed by atoms with Crippen LogP contribution in [0.25, 0.3) is 5.69 Å². The Morgan fingerprint density at radius 3 is 2.66 bits per heavy atom. The fourth-order valence-electron chi connectivity index (χ4n) is 4.18. The molecule has 180 valence electrons.